The Balaban J connectivity index is 1.49. The van der Waals surface area contributed by atoms with Crippen LogP contribution in [0.25, 0.3) is 0 Å². The molecule has 0 bridgehead atoms. The van der Waals surface area contributed by atoms with Crippen molar-refractivity contribution in [2.24, 2.45) is 18.9 Å². The summed E-state index contributed by atoms with van der Waals surface area (Å²) in [7, 11) is 1.92. The average Bonchev–Trinajstić information content (AvgIpc) is 3.27. The second-order valence-corrected chi connectivity index (χ2v) is 8.29. The van der Waals surface area contributed by atoms with E-state index in [9.17, 15) is 4.79 Å². The molecule has 1 N–H and O–H groups in total. The summed E-state index contributed by atoms with van der Waals surface area (Å²) in [4.78, 5) is 15.1. The van der Waals surface area contributed by atoms with Crippen LogP contribution in [0.1, 0.15) is 57.9 Å². The first-order valence-corrected chi connectivity index (χ1v) is 9.42. The first-order valence-electron chi connectivity index (χ1n) is 9.42. The molecule has 0 radical (unpaired) electrons. The smallest absolute Gasteiger partial charge is 0.223 e. The molecule has 1 amide bonds. The zero-order valence-corrected chi connectivity index (χ0v) is 15.6. The monoisotopic (exact) mass is 332 g/mol. The van der Waals surface area contributed by atoms with E-state index in [-0.39, 0.29) is 17.4 Å². The van der Waals surface area contributed by atoms with Gasteiger partial charge < -0.3 is 5.32 Å². The zero-order chi connectivity index (χ0) is 17.3. The SMILES string of the molecule is CC[C@@H]1CCCN(C(C)(C)CNC(=O)[C@@H]2C[C@H]2c2cnn(C)c2)C1. The fourth-order valence-corrected chi connectivity index (χ4v) is 3.98. The van der Waals surface area contributed by atoms with Crippen LogP contribution >= 0.6 is 0 Å². The van der Waals surface area contributed by atoms with Gasteiger partial charge in [-0.05, 0) is 57.1 Å². The van der Waals surface area contributed by atoms with Crippen molar-refractivity contribution in [1.82, 2.24) is 20.0 Å². The fraction of sp³-hybridized carbons (Fsp3) is 0.789. The molecule has 1 saturated heterocycles. The van der Waals surface area contributed by atoms with Crippen LogP contribution in [-0.4, -0.2) is 45.8 Å². The largest absolute Gasteiger partial charge is 0.354 e. The van der Waals surface area contributed by atoms with Gasteiger partial charge in [-0.3, -0.25) is 14.4 Å². The number of nitrogens with one attached hydrogen (secondary N) is 1. The normalized spacial score (nSPS) is 27.9. The molecule has 1 aromatic rings. The van der Waals surface area contributed by atoms with Crippen LogP contribution < -0.4 is 5.32 Å². The predicted octanol–water partition coefficient (Wildman–Crippen LogP) is 2.54. The average molecular weight is 332 g/mol. The molecular formula is C19H32N4O. The summed E-state index contributed by atoms with van der Waals surface area (Å²) in [6.45, 7) is 9.86. The molecule has 5 nitrogen and oxygen atoms in total. The lowest BCUT2D eigenvalue weighted by molar-refractivity contribution is -0.123. The van der Waals surface area contributed by atoms with Crippen molar-refractivity contribution in [2.45, 2.75) is 57.9 Å². The van der Waals surface area contributed by atoms with Crippen molar-refractivity contribution in [1.29, 1.82) is 0 Å². The molecule has 1 aromatic heterocycles. The Kier molecular flexibility index (Phi) is 5.00. The third-order valence-electron chi connectivity index (χ3n) is 5.93. The van der Waals surface area contributed by atoms with Crippen molar-refractivity contribution < 1.29 is 4.79 Å². The van der Waals surface area contributed by atoms with Gasteiger partial charge in [0.2, 0.25) is 5.91 Å². The van der Waals surface area contributed by atoms with Crippen molar-refractivity contribution in [2.75, 3.05) is 19.6 Å². The topological polar surface area (TPSA) is 50.2 Å². The minimum Gasteiger partial charge on any atom is -0.354 e. The highest BCUT2D eigenvalue weighted by molar-refractivity contribution is 5.82. The van der Waals surface area contributed by atoms with Gasteiger partial charge >= 0.3 is 0 Å². The number of aromatic nitrogens is 2. The van der Waals surface area contributed by atoms with Crippen molar-refractivity contribution >= 4 is 5.91 Å². The number of hydrogen-bond donors (Lipinski definition) is 1. The van der Waals surface area contributed by atoms with Crippen LogP contribution in [0.5, 0.6) is 0 Å². The molecule has 2 fully saturated rings. The first kappa shape index (κ1) is 17.5. The molecule has 24 heavy (non-hydrogen) atoms. The summed E-state index contributed by atoms with van der Waals surface area (Å²) in [5.41, 5.74) is 1.22. The number of piperidine rings is 1. The Hall–Kier alpha value is -1.36. The van der Waals surface area contributed by atoms with Crippen molar-refractivity contribution in [3.8, 4) is 0 Å². The Morgan fingerprint density at radius 1 is 1.46 bits per heavy atom. The summed E-state index contributed by atoms with van der Waals surface area (Å²) in [5.74, 6) is 1.52. The number of likely N-dealkylation sites (tertiary alicyclic amines) is 1. The summed E-state index contributed by atoms with van der Waals surface area (Å²) in [5, 5.41) is 7.43. The van der Waals surface area contributed by atoms with E-state index in [1.165, 1.54) is 31.4 Å². The molecule has 0 aromatic carbocycles. The lowest BCUT2D eigenvalue weighted by Gasteiger charge is -2.43. The molecule has 3 atom stereocenters. The molecule has 0 unspecified atom stereocenters. The molecule has 2 heterocycles. The van der Waals surface area contributed by atoms with Crippen LogP contribution in [0.3, 0.4) is 0 Å². The summed E-state index contributed by atoms with van der Waals surface area (Å²) in [6.07, 6.45) is 8.76. The lowest BCUT2D eigenvalue weighted by atomic mass is 9.91. The molecule has 134 valence electrons. The standard InChI is InChI=1S/C19H32N4O/c1-5-14-7-6-8-23(11-14)19(2,3)13-20-18(24)17-9-16(17)15-10-21-22(4)12-15/h10,12,14,16-17H,5-9,11,13H2,1-4H3,(H,20,24)/t14-,16+,17-/m1/s1. The highest BCUT2D eigenvalue weighted by Crippen LogP contribution is 2.47. The van der Waals surface area contributed by atoms with E-state index in [1.807, 2.05) is 24.1 Å². The lowest BCUT2D eigenvalue weighted by Crippen LogP contribution is -2.55. The quantitative estimate of drug-likeness (QED) is 0.871. The summed E-state index contributed by atoms with van der Waals surface area (Å²) in [6, 6.07) is 0. The number of carbonyl (C=O) groups excluding carboxylic acids is 1. The van der Waals surface area contributed by atoms with E-state index in [2.05, 4.69) is 36.1 Å². The van der Waals surface area contributed by atoms with Crippen LogP contribution in [0.15, 0.2) is 12.4 Å². The third-order valence-corrected chi connectivity index (χ3v) is 5.93. The van der Waals surface area contributed by atoms with E-state index in [0.717, 1.165) is 25.4 Å². The minimum absolute atomic E-state index is 0.0299. The van der Waals surface area contributed by atoms with Gasteiger partial charge in [-0.1, -0.05) is 13.3 Å². The molecule has 1 saturated carbocycles. The fourth-order valence-electron chi connectivity index (χ4n) is 3.98. The van der Waals surface area contributed by atoms with E-state index < -0.39 is 0 Å². The van der Waals surface area contributed by atoms with E-state index in [4.69, 9.17) is 0 Å². The number of aryl methyl sites for hydroxylation is 1. The predicted molar refractivity (Wildman–Crippen MR) is 95.7 cm³/mol. The highest BCUT2D eigenvalue weighted by Gasteiger charge is 2.45. The molecule has 5 heteroatoms. The molecule has 1 aliphatic heterocycles. The molecule has 0 spiro atoms. The second kappa shape index (κ2) is 6.87. The van der Waals surface area contributed by atoms with Crippen molar-refractivity contribution in [3.63, 3.8) is 0 Å². The molecule has 3 rings (SSSR count). The highest BCUT2D eigenvalue weighted by atomic mass is 16.2. The van der Waals surface area contributed by atoms with Crippen LogP contribution in [-0.2, 0) is 11.8 Å². The Bertz CT molecular complexity index is 580. The van der Waals surface area contributed by atoms with Gasteiger partial charge in [-0.25, -0.2) is 0 Å². The van der Waals surface area contributed by atoms with Crippen LogP contribution in [0, 0.1) is 11.8 Å². The Morgan fingerprint density at radius 2 is 2.25 bits per heavy atom. The number of hydrogen-bond acceptors (Lipinski definition) is 3. The Morgan fingerprint density at radius 3 is 2.92 bits per heavy atom. The van der Waals surface area contributed by atoms with E-state index >= 15 is 0 Å². The van der Waals surface area contributed by atoms with E-state index in [0.29, 0.717) is 5.92 Å². The van der Waals surface area contributed by atoms with Gasteiger partial charge in [0.15, 0.2) is 0 Å². The van der Waals surface area contributed by atoms with Gasteiger partial charge in [0, 0.05) is 37.8 Å². The maximum atomic E-state index is 12.5. The number of nitrogens with zero attached hydrogens (tertiary/aromatic N) is 3. The first-order chi connectivity index (χ1) is 11.4. The maximum Gasteiger partial charge on any atom is 0.223 e. The number of amides is 1. The second-order valence-electron chi connectivity index (χ2n) is 8.29. The van der Waals surface area contributed by atoms with Crippen molar-refractivity contribution in [3.05, 3.63) is 18.0 Å². The third kappa shape index (κ3) is 3.82. The Labute approximate surface area is 145 Å². The molecule has 2 aliphatic rings. The summed E-state index contributed by atoms with van der Waals surface area (Å²) < 4.78 is 1.81. The van der Waals surface area contributed by atoms with Gasteiger partial charge in [-0.15, -0.1) is 0 Å². The molecule has 1 aliphatic carbocycles. The number of carbonyl (C=O) groups is 1. The van der Waals surface area contributed by atoms with Gasteiger partial charge in [0.05, 0.1) is 6.20 Å². The minimum atomic E-state index is 0.0299. The van der Waals surface area contributed by atoms with Gasteiger partial charge in [0.1, 0.15) is 0 Å². The molecular weight excluding hydrogens is 300 g/mol. The van der Waals surface area contributed by atoms with Crippen LogP contribution in [0.2, 0.25) is 0 Å². The maximum absolute atomic E-state index is 12.5. The van der Waals surface area contributed by atoms with E-state index in [1.54, 1.807) is 0 Å². The van der Waals surface area contributed by atoms with Gasteiger partial charge in [-0.2, -0.15) is 5.10 Å². The number of rotatable bonds is 6. The van der Waals surface area contributed by atoms with Crippen LogP contribution in [0.4, 0.5) is 0 Å². The zero-order valence-electron chi connectivity index (χ0n) is 15.6. The van der Waals surface area contributed by atoms with Gasteiger partial charge in [0.25, 0.3) is 0 Å². The summed E-state index contributed by atoms with van der Waals surface area (Å²) >= 11 is 0.